The molecule has 1 aromatic rings. The highest BCUT2D eigenvalue weighted by atomic mass is 16.5. The number of hydrogen-bond donors (Lipinski definition) is 2. The molecule has 4 nitrogen and oxygen atoms in total. The molecule has 19 heavy (non-hydrogen) atoms. The highest BCUT2D eigenvalue weighted by Crippen LogP contribution is 2.23. The highest BCUT2D eigenvalue weighted by Gasteiger charge is 2.26. The molecule has 0 spiro atoms. The molecule has 0 aromatic heterocycles. The van der Waals surface area contributed by atoms with E-state index in [4.69, 9.17) is 4.74 Å². The minimum atomic E-state index is -0.103. The number of amides is 1. The molecule has 0 saturated heterocycles. The number of benzene rings is 1. The molecule has 0 radical (unpaired) electrons. The van der Waals surface area contributed by atoms with Gasteiger partial charge in [-0.1, -0.05) is 24.3 Å². The summed E-state index contributed by atoms with van der Waals surface area (Å²) in [5, 5.41) is 6.32. The molecule has 2 rings (SSSR count). The number of rotatable bonds is 5. The van der Waals surface area contributed by atoms with Crippen LogP contribution in [0.3, 0.4) is 0 Å². The molecule has 0 bridgehead atoms. The van der Waals surface area contributed by atoms with E-state index in [0.29, 0.717) is 19.8 Å². The minimum absolute atomic E-state index is 0.0431. The van der Waals surface area contributed by atoms with Crippen molar-refractivity contribution in [2.45, 2.75) is 32.4 Å². The number of hydrogen-bond acceptors (Lipinski definition) is 3. The summed E-state index contributed by atoms with van der Waals surface area (Å²) in [4.78, 5) is 12.3. The van der Waals surface area contributed by atoms with Crippen molar-refractivity contribution in [2.75, 3.05) is 19.8 Å². The summed E-state index contributed by atoms with van der Waals surface area (Å²) in [5.41, 5.74) is 2.36. The Labute approximate surface area is 114 Å². The van der Waals surface area contributed by atoms with Gasteiger partial charge in [0.25, 0.3) is 0 Å². The average Bonchev–Trinajstić information content (AvgIpc) is 2.44. The van der Waals surface area contributed by atoms with Crippen LogP contribution in [0.25, 0.3) is 0 Å². The Kier molecular flexibility index (Phi) is 4.93. The predicted octanol–water partition coefficient (Wildman–Crippen LogP) is 1.41. The Morgan fingerprint density at radius 1 is 1.53 bits per heavy atom. The van der Waals surface area contributed by atoms with Gasteiger partial charge in [-0.2, -0.15) is 0 Å². The molecular weight excluding hydrogens is 240 g/mol. The van der Waals surface area contributed by atoms with Crippen LogP contribution in [0.15, 0.2) is 24.3 Å². The highest BCUT2D eigenvalue weighted by molar-refractivity contribution is 5.84. The van der Waals surface area contributed by atoms with Crippen molar-refractivity contribution in [2.24, 2.45) is 0 Å². The van der Waals surface area contributed by atoms with Crippen LogP contribution in [0.4, 0.5) is 0 Å². The number of fused-ring (bicyclic) bond motifs is 1. The molecule has 1 aliphatic heterocycles. The lowest BCUT2D eigenvalue weighted by Gasteiger charge is -2.26. The fourth-order valence-corrected chi connectivity index (χ4v) is 2.41. The van der Waals surface area contributed by atoms with Crippen molar-refractivity contribution < 1.29 is 9.53 Å². The topological polar surface area (TPSA) is 50.4 Å². The second-order valence-corrected chi connectivity index (χ2v) is 4.95. The van der Waals surface area contributed by atoms with E-state index in [9.17, 15) is 4.79 Å². The molecule has 2 N–H and O–H groups in total. The SMILES string of the molecule is CCOCC(C)NC(=O)C1CNCc2ccccc21. The number of ether oxygens (including phenoxy) is 1. The average molecular weight is 262 g/mol. The maximum absolute atomic E-state index is 12.3. The molecule has 0 aliphatic carbocycles. The third kappa shape index (κ3) is 3.55. The monoisotopic (exact) mass is 262 g/mol. The van der Waals surface area contributed by atoms with E-state index in [1.807, 2.05) is 32.0 Å². The summed E-state index contributed by atoms with van der Waals surface area (Å²) in [5.74, 6) is -0.0270. The minimum Gasteiger partial charge on any atom is -0.380 e. The van der Waals surface area contributed by atoms with E-state index >= 15 is 0 Å². The van der Waals surface area contributed by atoms with E-state index < -0.39 is 0 Å². The molecule has 2 atom stereocenters. The van der Waals surface area contributed by atoms with Crippen molar-refractivity contribution in [3.63, 3.8) is 0 Å². The van der Waals surface area contributed by atoms with Gasteiger partial charge in [0, 0.05) is 25.7 Å². The third-order valence-corrected chi connectivity index (χ3v) is 3.37. The zero-order valence-corrected chi connectivity index (χ0v) is 11.6. The van der Waals surface area contributed by atoms with Crippen molar-refractivity contribution in [1.82, 2.24) is 10.6 Å². The van der Waals surface area contributed by atoms with Crippen LogP contribution in [-0.4, -0.2) is 31.7 Å². The normalized spacial score (nSPS) is 19.6. The van der Waals surface area contributed by atoms with Crippen molar-refractivity contribution in [3.8, 4) is 0 Å². The van der Waals surface area contributed by atoms with Crippen molar-refractivity contribution >= 4 is 5.91 Å². The first-order chi connectivity index (χ1) is 9.22. The molecule has 1 amide bonds. The maximum atomic E-state index is 12.3. The first kappa shape index (κ1) is 14.0. The third-order valence-electron chi connectivity index (χ3n) is 3.37. The fraction of sp³-hybridized carbons (Fsp3) is 0.533. The van der Waals surface area contributed by atoms with Gasteiger partial charge in [-0.15, -0.1) is 0 Å². The lowest BCUT2D eigenvalue weighted by atomic mass is 9.90. The van der Waals surface area contributed by atoms with Gasteiger partial charge in [0.05, 0.1) is 12.5 Å². The van der Waals surface area contributed by atoms with Crippen LogP contribution in [0.2, 0.25) is 0 Å². The maximum Gasteiger partial charge on any atom is 0.229 e. The quantitative estimate of drug-likeness (QED) is 0.843. The largest absolute Gasteiger partial charge is 0.380 e. The van der Waals surface area contributed by atoms with Crippen LogP contribution in [0, 0.1) is 0 Å². The van der Waals surface area contributed by atoms with Crippen LogP contribution < -0.4 is 10.6 Å². The van der Waals surface area contributed by atoms with Gasteiger partial charge in [0.1, 0.15) is 0 Å². The fourth-order valence-electron chi connectivity index (χ4n) is 2.41. The van der Waals surface area contributed by atoms with Crippen molar-refractivity contribution in [1.29, 1.82) is 0 Å². The van der Waals surface area contributed by atoms with E-state index in [2.05, 4.69) is 16.7 Å². The summed E-state index contributed by atoms with van der Waals surface area (Å²) >= 11 is 0. The number of carbonyl (C=O) groups is 1. The number of nitrogens with one attached hydrogen (secondary N) is 2. The van der Waals surface area contributed by atoms with Crippen LogP contribution >= 0.6 is 0 Å². The first-order valence-electron chi connectivity index (χ1n) is 6.89. The van der Waals surface area contributed by atoms with Gasteiger partial charge < -0.3 is 15.4 Å². The van der Waals surface area contributed by atoms with Gasteiger partial charge in [-0.05, 0) is 25.0 Å². The smallest absolute Gasteiger partial charge is 0.229 e. The molecule has 0 fully saturated rings. The molecule has 0 saturated carbocycles. The molecule has 1 aliphatic rings. The summed E-state index contributed by atoms with van der Waals surface area (Å²) in [6.07, 6.45) is 0. The second kappa shape index (κ2) is 6.68. The summed E-state index contributed by atoms with van der Waals surface area (Å²) in [7, 11) is 0. The Morgan fingerprint density at radius 3 is 3.11 bits per heavy atom. The molecule has 4 heteroatoms. The Balaban J connectivity index is 2.00. The Morgan fingerprint density at radius 2 is 2.32 bits per heavy atom. The predicted molar refractivity (Wildman–Crippen MR) is 75.0 cm³/mol. The molecule has 2 unspecified atom stereocenters. The van der Waals surface area contributed by atoms with Crippen molar-refractivity contribution in [3.05, 3.63) is 35.4 Å². The standard InChI is InChI=1S/C15H22N2O2/c1-3-19-10-11(2)17-15(18)14-9-16-8-12-6-4-5-7-13(12)14/h4-7,11,14,16H,3,8-10H2,1-2H3,(H,17,18). The Bertz CT molecular complexity index is 434. The molecular formula is C15H22N2O2. The van der Waals surface area contributed by atoms with E-state index in [0.717, 1.165) is 12.1 Å². The van der Waals surface area contributed by atoms with E-state index in [-0.39, 0.29) is 17.9 Å². The van der Waals surface area contributed by atoms with Gasteiger partial charge in [-0.25, -0.2) is 0 Å². The van der Waals surface area contributed by atoms with Crippen LogP contribution in [0.5, 0.6) is 0 Å². The summed E-state index contributed by atoms with van der Waals surface area (Å²) < 4.78 is 5.32. The lowest BCUT2D eigenvalue weighted by molar-refractivity contribution is -0.123. The Hall–Kier alpha value is -1.39. The second-order valence-electron chi connectivity index (χ2n) is 4.95. The van der Waals surface area contributed by atoms with Crippen LogP contribution in [0.1, 0.15) is 30.9 Å². The molecule has 1 aromatic carbocycles. The van der Waals surface area contributed by atoms with Gasteiger partial charge in [0.15, 0.2) is 0 Å². The zero-order valence-electron chi connectivity index (χ0n) is 11.6. The number of carbonyl (C=O) groups excluding carboxylic acids is 1. The molecule has 1 heterocycles. The van der Waals surface area contributed by atoms with Crippen LogP contribution in [-0.2, 0) is 16.1 Å². The van der Waals surface area contributed by atoms with Gasteiger partial charge >= 0.3 is 0 Å². The van der Waals surface area contributed by atoms with E-state index in [1.54, 1.807) is 0 Å². The summed E-state index contributed by atoms with van der Waals surface area (Å²) in [6.45, 7) is 6.70. The molecule has 104 valence electrons. The van der Waals surface area contributed by atoms with Gasteiger partial charge in [-0.3, -0.25) is 4.79 Å². The lowest BCUT2D eigenvalue weighted by Crippen LogP contribution is -2.43. The summed E-state index contributed by atoms with van der Waals surface area (Å²) in [6, 6.07) is 8.17. The van der Waals surface area contributed by atoms with Gasteiger partial charge in [0.2, 0.25) is 5.91 Å². The zero-order chi connectivity index (χ0) is 13.7. The van der Waals surface area contributed by atoms with E-state index in [1.165, 1.54) is 5.56 Å². The first-order valence-corrected chi connectivity index (χ1v) is 6.89.